The van der Waals surface area contributed by atoms with Gasteiger partial charge in [0.05, 0.1) is 47.2 Å². The number of carbonyl (C=O) groups is 2. The normalized spacial score (nSPS) is 15.3. The molecule has 2 aromatic rings. The Balaban J connectivity index is 2.56. The molecule has 1 aliphatic heterocycles. The number of esters is 2. The van der Waals surface area contributed by atoms with Crippen LogP contribution in [0, 0.1) is 31.6 Å². The van der Waals surface area contributed by atoms with Crippen LogP contribution in [-0.4, -0.2) is 36.0 Å². The predicted molar refractivity (Wildman–Crippen MR) is 119 cm³/mol. The minimum atomic E-state index is -1.24. The first-order chi connectivity index (χ1) is 16.7. The molecule has 0 bridgehead atoms. The van der Waals surface area contributed by atoms with Crippen molar-refractivity contribution in [3.63, 3.8) is 0 Å². The van der Waals surface area contributed by atoms with Crippen LogP contribution in [0.5, 0.6) is 0 Å². The quantitative estimate of drug-likeness (QED) is 0.363. The van der Waals surface area contributed by atoms with Crippen molar-refractivity contribution < 1.29 is 28.9 Å². The van der Waals surface area contributed by atoms with Gasteiger partial charge in [-0.1, -0.05) is 30.3 Å². The summed E-state index contributed by atoms with van der Waals surface area (Å²) in [5.41, 5.74) is 2.89. The second kappa shape index (κ2) is 9.71. The first kappa shape index (κ1) is 24.4. The molecule has 0 aromatic heterocycles. The number of nitriles is 1. The molecule has 0 radical (unpaired) electrons. The molecule has 0 aliphatic carbocycles. The molecule has 3 rings (SSSR count). The molecular formula is C22H17N5O8. The third-order valence-electron chi connectivity index (χ3n) is 5.22. The summed E-state index contributed by atoms with van der Waals surface area (Å²) >= 11 is 0. The van der Waals surface area contributed by atoms with Crippen molar-refractivity contribution in [1.82, 2.24) is 0 Å². The number of rotatable bonds is 6. The molecule has 0 amide bonds. The minimum Gasteiger partial charge on any atom is -0.466 e. The molecule has 0 saturated heterocycles. The number of anilines is 1. The van der Waals surface area contributed by atoms with Crippen molar-refractivity contribution >= 4 is 29.0 Å². The van der Waals surface area contributed by atoms with Gasteiger partial charge >= 0.3 is 11.9 Å². The summed E-state index contributed by atoms with van der Waals surface area (Å²) in [7, 11) is 2.01. The van der Waals surface area contributed by atoms with Gasteiger partial charge in [-0.2, -0.15) is 5.26 Å². The average Bonchev–Trinajstić information content (AvgIpc) is 2.86. The van der Waals surface area contributed by atoms with Gasteiger partial charge in [-0.25, -0.2) is 9.59 Å². The Morgan fingerprint density at radius 3 is 1.97 bits per heavy atom. The van der Waals surface area contributed by atoms with E-state index in [0.29, 0.717) is 10.5 Å². The topological polar surface area (TPSA) is 192 Å². The van der Waals surface area contributed by atoms with E-state index in [1.165, 1.54) is 0 Å². The summed E-state index contributed by atoms with van der Waals surface area (Å²) in [6, 6.07) is 12.9. The number of carbonyl (C=O) groups excluding carboxylic acids is 2. The Bertz CT molecular complexity index is 1310. The van der Waals surface area contributed by atoms with Crippen LogP contribution in [0.3, 0.4) is 0 Å². The SMILES string of the molecule is COC(=O)C1=C(C(=O)OC)N(c2c([N+](=O)[O-])cccc2[N+](=O)[O-])C(N)=C(C#N)C1c1ccccc1. The second-order valence-electron chi connectivity index (χ2n) is 6.99. The van der Waals surface area contributed by atoms with Crippen molar-refractivity contribution in [2.24, 2.45) is 5.73 Å². The maximum atomic E-state index is 13.0. The number of benzene rings is 2. The number of hydrogen-bond acceptors (Lipinski definition) is 11. The van der Waals surface area contributed by atoms with Crippen molar-refractivity contribution in [2.45, 2.75) is 5.92 Å². The highest BCUT2D eigenvalue weighted by molar-refractivity contribution is 6.07. The van der Waals surface area contributed by atoms with Gasteiger partial charge in [-0.05, 0) is 11.6 Å². The first-order valence-electron chi connectivity index (χ1n) is 9.76. The zero-order valence-corrected chi connectivity index (χ0v) is 18.3. The summed E-state index contributed by atoms with van der Waals surface area (Å²) in [5.74, 6) is -4.04. The van der Waals surface area contributed by atoms with E-state index in [1.54, 1.807) is 30.3 Å². The number of allylic oxidation sites excluding steroid dienone is 1. The molecule has 1 atom stereocenters. The molecule has 2 N–H and O–H groups in total. The van der Waals surface area contributed by atoms with Crippen LogP contribution in [-0.2, 0) is 19.1 Å². The highest BCUT2D eigenvalue weighted by atomic mass is 16.6. The Morgan fingerprint density at radius 2 is 1.51 bits per heavy atom. The van der Waals surface area contributed by atoms with Crippen molar-refractivity contribution in [3.05, 3.63) is 97.0 Å². The van der Waals surface area contributed by atoms with Gasteiger partial charge in [0, 0.05) is 12.1 Å². The molecule has 1 aliphatic rings. The van der Waals surface area contributed by atoms with Gasteiger partial charge in [0.25, 0.3) is 11.4 Å². The lowest BCUT2D eigenvalue weighted by Crippen LogP contribution is -2.41. The van der Waals surface area contributed by atoms with Crippen LogP contribution in [0.15, 0.2) is 71.2 Å². The molecule has 1 unspecified atom stereocenters. The molecule has 2 aromatic carbocycles. The smallest absolute Gasteiger partial charge is 0.355 e. The van der Waals surface area contributed by atoms with Crippen molar-refractivity contribution in [1.29, 1.82) is 5.26 Å². The van der Waals surface area contributed by atoms with E-state index in [2.05, 4.69) is 0 Å². The summed E-state index contributed by atoms with van der Waals surface area (Å²) in [5, 5.41) is 33.6. The van der Waals surface area contributed by atoms with Crippen LogP contribution < -0.4 is 10.6 Å². The number of para-hydroxylation sites is 1. The van der Waals surface area contributed by atoms with E-state index in [4.69, 9.17) is 15.2 Å². The van der Waals surface area contributed by atoms with Crippen LogP contribution >= 0.6 is 0 Å². The van der Waals surface area contributed by atoms with Crippen LogP contribution in [0.2, 0.25) is 0 Å². The number of nitro benzene ring substituents is 2. The summed E-state index contributed by atoms with van der Waals surface area (Å²) in [4.78, 5) is 48.5. The fraction of sp³-hybridized carbons (Fsp3) is 0.136. The number of nitro groups is 2. The zero-order chi connectivity index (χ0) is 25.9. The van der Waals surface area contributed by atoms with E-state index in [-0.39, 0.29) is 5.57 Å². The van der Waals surface area contributed by atoms with E-state index < -0.39 is 61.9 Å². The maximum Gasteiger partial charge on any atom is 0.355 e. The van der Waals surface area contributed by atoms with E-state index in [0.717, 1.165) is 32.4 Å². The average molecular weight is 479 g/mol. The fourth-order valence-electron chi connectivity index (χ4n) is 3.79. The number of hydrogen-bond donors (Lipinski definition) is 1. The fourth-order valence-corrected chi connectivity index (χ4v) is 3.79. The van der Waals surface area contributed by atoms with Crippen LogP contribution in [0.25, 0.3) is 0 Å². The molecule has 0 spiro atoms. The highest BCUT2D eigenvalue weighted by Gasteiger charge is 2.46. The number of nitrogens with zero attached hydrogens (tertiary/aromatic N) is 4. The van der Waals surface area contributed by atoms with Crippen LogP contribution in [0.1, 0.15) is 11.5 Å². The standard InChI is InChI=1S/C22H17N5O8/c1-34-21(28)17-16(12-7-4-3-5-8-12)13(11-23)20(24)25(19(17)22(29)35-2)18-14(26(30)31)9-6-10-15(18)27(32)33/h3-10,16H,24H2,1-2H3. The number of methoxy groups -OCH3 is 2. The maximum absolute atomic E-state index is 13.0. The monoisotopic (exact) mass is 479 g/mol. The predicted octanol–water partition coefficient (Wildman–Crippen LogP) is 2.40. The van der Waals surface area contributed by atoms with Crippen LogP contribution in [0.4, 0.5) is 17.1 Å². The molecule has 0 saturated carbocycles. The number of nitrogens with two attached hydrogens (primary N) is 1. The summed E-state index contributed by atoms with van der Waals surface area (Å²) < 4.78 is 9.68. The van der Waals surface area contributed by atoms with Crippen molar-refractivity contribution in [2.75, 3.05) is 19.1 Å². The Hall–Kier alpha value is -5.25. The molecule has 13 nitrogen and oxygen atoms in total. The summed E-state index contributed by atoms with van der Waals surface area (Å²) in [6.45, 7) is 0. The molecule has 178 valence electrons. The van der Waals surface area contributed by atoms with E-state index >= 15 is 0 Å². The molecule has 13 heteroatoms. The third kappa shape index (κ3) is 4.11. The number of ether oxygens (including phenoxy) is 2. The second-order valence-corrected chi connectivity index (χ2v) is 6.99. The highest BCUT2D eigenvalue weighted by Crippen LogP contribution is 2.47. The third-order valence-corrected chi connectivity index (χ3v) is 5.22. The van der Waals surface area contributed by atoms with Gasteiger partial charge in [0.2, 0.25) is 5.69 Å². The minimum absolute atomic E-state index is 0.295. The molecule has 0 fully saturated rings. The van der Waals surface area contributed by atoms with Gasteiger partial charge in [-0.3, -0.25) is 25.1 Å². The largest absolute Gasteiger partial charge is 0.466 e. The molecular weight excluding hydrogens is 462 g/mol. The Kier molecular flexibility index (Phi) is 6.77. The Morgan fingerprint density at radius 1 is 0.971 bits per heavy atom. The first-order valence-corrected chi connectivity index (χ1v) is 9.76. The van der Waals surface area contributed by atoms with Crippen molar-refractivity contribution in [3.8, 4) is 6.07 Å². The summed E-state index contributed by atoms with van der Waals surface area (Å²) in [6.07, 6.45) is 0. The lowest BCUT2D eigenvalue weighted by molar-refractivity contribution is -0.392. The van der Waals surface area contributed by atoms with Gasteiger partial charge in [-0.15, -0.1) is 0 Å². The molecule has 35 heavy (non-hydrogen) atoms. The lowest BCUT2D eigenvalue weighted by Gasteiger charge is -2.35. The van der Waals surface area contributed by atoms with Gasteiger partial charge in [0.15, 0.2) is 0 Å². The molecule has 1 heterocycles. The van der Waals surface area contributed by atoms with E-state index in [9.17, 15) is 35.1 Å². The van der Waals surface area contributed by atoms with E-state index in [1.807, 2.05) is 6.07 Å². The zero-order valence-electron chi connectivity index (χ0n) is 18.3. The van der Waals surface area contributed by atoms with Gasteiger partial charge < -0.3 is 15.2 Å². The Labute approximate surface area is 197 Å². The lowest BCUT2D eigenvalue weighted by atomic mass is 9.81. The van der Waals surface area contributed by atoms with Gasteiger partial charge in [0.1, 0.15) is 11.5 Å².